The Morgan fingerprint density at radius 2 is 1.76 bits per heavy atom. The number of aromatic nitrogens is 2. The maximum atomic E-state index is 12.3. The highest BCUT2D eigenvalue weighted by atomic mass is 32.1. The number of esters is 2. The molecule has 3 rings (SSSR count). The number of nitrogens with one attached hydrogen (secondary N) is 1. The molecule has 0 aliphatic rings. The van der Waals surface area contributed by atoms with Gasteiger partial charge < -0.3 is 19.5 Å². The first-order valence-corrected chi connectivity index (χ1v) is 10.2. The zero-order chi connectivity index (χ0) is 24.0. The molecule has 8 nitrogen and oxygen atoms in total. The molecule has 0 aliphatic heterocycles. The minimum atomic E-state index is -5.26. The van der Waals surface area contributed by atoms with Gasteiger partial charge in [0.1, 0.15) is 16.4 Å². The van der Waals surface area contributed by atoms with E-state index in [1.165, 1.54) is 19.2 Å². The molecule has 0 radical (unpaired) electrons. The molecular formula is C21H18F3N3O5S. The molecule has 0 bridgehead atoms. The zero-order valence-electron chi connectivity index (χ0n) is 17.4. The third kappa shape index (κ3) is 6.42. The van der Waals surface area contributed by atoms with Gasteiger partial charge in [0, 0.05) is 12.6 Å². The Hall–Kier alpha value is -3.67. The third-order valence-corrected chi connectivity index (χ3v) is 5.33. The van der Waals surface area contributed by atoms with Crippen LogP contribution in [0.5, 0.6) is 11.8 Å². The number of thiophene rings is 1. The average Bonchev–Trinajstić information content (AvgIpc) is 3.29. The monoisotopic (exact) mass is 481 g/mol. The van der Waals surface area contributed by atoms with Crippen LogP contribution in [-0.4, -0.2) is 48.8 Å². The quantitative estimate of drug-likeness (QED) is 0.379. The minimum Gasteiger partial charge on any atom is -0.497 e. The van der Waals surface area contributed by atoms with E-state index in [4.69, 9.17) is 9.47 Å². The molecule has 0 fully saturated rings. The highest BCUT2D eigenvalue weighted by molar-refractivity contribution is 7.17. The molecule has 0 amide bonds. The van der Waals surface area contributed by atoms with E-state index < -0.39 is 18.1 Å². The van der Waals surface area contributed by atoms with Crippen molar-refractivity contribution in [2.75, 3.05) is 26.1 Å². The lowest BCUT2D eigenvalue weighted by Gasteiger charge is -2.09. The van der Waals surface area contributed by atoms with Gasteiger partial charge in [0.2, 0.25) is 0 Å². The Balaban J connectivity index is 1.70. The van der Waals surface area contributed by atoms with Gasteiger partial charge in [0.25, 0.3) is 0 Å². The Morgan fingerprint density at radius 1 is 1.03 bits per heavy atom. The molecule has 0 saturated heterocycles. The van der Waals surface area contributed by atoms with Crippen molar-refractivity contribution >= 4 is 29.1 Å². The normalized spacial score (nSPS) is 11.1. The lowest BCUT2D eigenvalue weighted by Crippen LogP contribution is -2.27. The summed E-state index contributed by atoms with van der Waals surface area (Å²) in [4.78, 5) is 31.4. The summed E-state index contributed by atoms with van der Waals surface area (Å²) in [7, 11) is 2.98. The summed E-state index contributed by atoms with van der Waals surface area (Å²) in [6.45, 7) is 0.549. The van der Waals surface area contributed by atoms with E-state index in [9.17, 15) is 22.8 Å². The SMILES string of the molecule is COc1ccc(CCNc2cc(-c3ccc(C(=O)OC(=O)C(F)(F)F)s3)nc(OC)n2)cc1. The summed E-state index contributed by atoms with van der Waals surface area (Å²) in [6, 6.07) is 12.0. The minimum absolute atomic E-state index is 0.0595. The van der Waals surface area contributed by atoms with Crippen LogP contribution in [0.2, 0.25) is 0 Å². The average molecular weight is 481 g/mol. The second-order valence-corrected chi connectivity index (χ2v) is 7.57. The number of anilines is 1. The smallest absolute Gasteiger partial charge is 0.491 e. The summed E-state index contributed by atoms with van der Waals surface area (Å²) in [6.07, 6.45) is -4.56. The second-order valence-electron chi connectivity index (χ2n) is 6.49. The van der Waals surface area contributed by atoms with Crippen molar-refractivity contribution in [3.63, 3.8) is 0 Å². The van der Waals surface area contributed by atoms with Crippen LogP contribution in [0.3, 0.4) is 0 Å². The number of nitrogens with zero attached hydrogens (tertiary/aromatic N) is 2. The summed E-state index contributed by atoms with van der Waals surface area (Å²) < 4.78 is 51.0. The van der Waals surface area contributed by atoms with Gasteiger partial charge in [-0.05, 0) is 36.2 Å². The highest BCUT2D eigenvalue weighted by Crippen LogP contribution is 2.30. The topological polar surface area (TPSA) is 99.6 Å². The molecule has 0 spiro atoms. The van der Waals surface area contributed by atoms with E-state index >= 15 is 0 Å². The first-order chi connectivity index (χ1) is 15.7. The Labute approximate surface area is 190 Å². The molecular weight excluding hydrogens is 463 g/mol. The van der Waals surface area contributed by atoms with E-state index in [1.54, 1.807) is 13.2 Å². The van der Waals surface area contributed by atoms with E-state index in [0.717, 1.165) is 22.6 Å². The number of hydrogen-bond donors (Lipinski definition) is 1. The predicted octanol–water partition coefficient (Wildman–Crippen LogP) is 4.12. The van der Waals surface area contributed by atoms with Crippen molar-refractivity contribution in [1.82, 2.24) is 9.97 Å². The molecule has 0 aliphatic carbocycles. The number of ether oxygens (including phenoxy) is 3. The fraction of sp³-hybridized carbons (Fsp3) is 0.238. The van der Waals surface area contributed by atoms with Crippen LogP contribution < -0.4 is 14.8 Å². The van der Waals surface area contributed by atoms with Crippen LogP contribution in [0.1, 0.15) is 15.2 Å². The van der Waals surface area contributed by atoms with E-state index in [0.29, 0.717) is 29.4 Å². The van der Waals surface area contributed by atoms with Gasteiger partial charge in [-0.3, -0.25) is 0 Å². The van der Waals surface area contributed by atoms with Crippen LogP contribution >= 0.6 is 11.3 Å². The summed E-state index contributed by atoms with van der Waals surface area (Å²) >= 11 is 0.819. The van der Waals surface area contributed by atoms with Gasteiger partial charge in [0.15, 0.2) is 0 Å². The van der Waals surface area contributed by atoms with Crippen LogP contribution in [0.25, 0.3) is 10.6 Å². The lowest BCUT2D eigenvalue weighted by molar-refractivity contribution is -0.193. The van der Waals surface area contributed by atoms with E-state index in [2.05, 4.69) is 20.0 Å². The Morgan fingerprint density at radius 3 is 2.39 bits per heavy atom. The molecule has 12 heteroatoms. The number of carbonyl (C=O) groups is 2. The summed E-state index contributed by atoms with van der Waals surface area (Å²) in [5, 5.41) is 3.16. The first kappa shape index (κ1) is 24.0. The van der Waals surface area contributed by atoms with Gasteiger partial charge in [-0.15, -0.1) is 11.3 Å². The van der Waals surface area contributed by atoms with E-state index in [-0.39, 0.29) is 10.9 Å². The predicted molar refractivity (Wildman–Crippen MR) is 114 cm³/mol. The molecule has 0 unspecified atom stereocenters. The van der Waals surface area contributed by atoms with Crippen LogP contribution in [0.15, 0.2) is 42.5 Å². The highest BCUT2D eigenvalue weighted by Gasteiger charge is 2.42. The maximum absolute atomic E-state index is 12.3. The number of rotatable bonds is 8. The molecule has 1 N–H and O–H groups in total. The summed E-state index contributed by atoms with van der Waals surface area (Å²) in [5.41, 5.74) is 1.46. The van der Waals surface area contributed by atoms with Crippen molar-refractivity contribution in [3.05, 3.63) is 52.9 Å². The van der Waals surface area contributed by atoms with Crippen molar-refractivity contribution in [2.24, 2.45) is 0 Å². The number of halogens is 3. The largest absolute Gasteiger partial charge is 0.497 e. The van der Waals surface area contributed by atoms with Crippen molar-refractivity contribution < 1.29 is 37.0 Å². The Bertz CT molecular complexity index is 1130. The lowest BCUT2D eigenvalue weighted by atomic mass is 10.1. The van der Waals surface area contributed by atoms with Crippen LogP contribution in [0.4, 0.5) is 19.0 Å². The molecule has 0 atom stereocenters. The second kappa shape index (κ2) is 10.3. The van der Waals surface area contributed by atoms with Gasteiger partial charge in [-0.1, -0.05) is 12.1 Å². The summed E-state index contributed by atoms with van der Waals surface area (Å²) in [5.74, 6) is -2.75. The van der Waals surface area contributed by atoms with Gasteiger partial charge in [-0.25, -0.2) is 9.59 Å². The third-order valence-electron chi connectivity index (χ3n) is 4.24. The maximum Gasteiger partial charge on any atom is 0.491 e. The van der Waals surface area contributed by atoms with Crippen molar-refractivity contribution in [2.45, 2.75) is 12.6 Å². The standard InChI is InChI=1S/C21H18F3N3O5S/c1-30-13-5-3-12(4-6-13)9-10-25-17-11-14(26-20(27-17)31-2)15-7-8-16(33-15)18(28)32-19(29)21(22,23)24/h3-8,11H,9-10H2,1-2H3,(H,25,26,27). The van der Waals surface area contributed by atoms with Crippen molar-refractivity contribution in [1.29, 1.82) is 0 Å². The van der Waals surface area contributed by atoms with Crippen LogP contribution in [0, 0.1) is 0 Å². The fourth-order valence-corrected chi connectivity index (χ4v) is 3.48. The Kier molecular flexibility index (Phi) is 7.48. The molecule has 1 aromatic carbocycles. The molecule has 33 heavy (non-hydrogen) atoms. The molecule has 2 heterocycles. The zero-order valence-corrected chi connectivity index (χ0v) is 18.2. The van der Waals surface area contributed by atoms with E-state index in [1.807, 2.05) is 24.3 Å². The first-order valence-electron chi connectivity index (χ1n) is 9.43. The molecule has 0 saturated carbocycles. The number of hydrogen-bond acceptors (Lipinski definition) is 9. The number of carbonyl (C=O) groups excluding carboxylic acids is 2. The fourth-order valence-electron chi connectivity index (χ4n) is 2.64. The number of methoxy groups -OCH3 is 2. The van der Waals surface area contributed by atoms with Gasteiger partial charge >= 0.3 is 24.1 Å². The number of benzene rings is 1. The van der Waals surface area contributed by atoms with Gasteiger partial charge in [-0.2, -0.15) is 23.1 Å². The van der Waals surface area contributed by atoms with Crippen molar-refractivity contribution in [3.8, 4) is 22.3 Å². The molecule has 3 aromatic rings. The molecule has 2 aromatic heterocycles. The number of alkyl halides is 3. The van der Waals surface area contributed by atoms with Crippen LogP contribution in [-0.2, 0) is 16.0 Å². The van der Waals surface area contributed by atoms with Gasteiger partial charge in [0.05, 0.1) is 24.8 Å². The molecule has 174 valence electrons.